The topological polar surface area (TPSA) is 58.6 Å². The Kier molecular flexibility index (Phi) is 4.35. The molecular weight excluding hydrogens is 270 g/mol. The van der Waals surface area contributed by atoms with Crippen molar-refractivity contribution in [2.75, 3.05) is 13.2 Å². The van der Waals surface area contributed by atoms with Gasteiger partial charge >= 0.3 is 0 Å². The predicted octanol–water partition coefficient (Wildman–Crippen LogP) is 1.55. The fourth-order valence-corrected chi connectivity index (χ4v) is 2.47. The van der Waals surface area contributed by atoms with Crippen molar-refractivity contribution in [2.24, 2.45) is 0 Å². The zero-order chi connectivity index (χ0) is 13.0. The van der Waals surface area contributed by atoms with Gasteiger partial charge in [0.2, 0.25) is 0 Å². The number of benzene rings is 1. The molecule has 1 amide bonds. The van der Waals surface area contributed by atoms with Gasteiger partial charge in [0.15, 0.2) is 0 Å². The summed E-state index contributed by atoms with van der Waals surface area (Å²) in [5, 5.41) is 11.2. The highest BCUT2D eigenvalue weighted by Gasteiger charge is 2.21. The Morgan fingerprint density at radius 1 is 1.50 bits per heavy atom. The van der Waals surface area contributed by atoms with Crippen LogP contribution in [0.4, 0.5) is 0 Å². The second kappa shape index (κ2) is 5.99. The highest BCUT2D eigenvalue weighted by Crippen LogP contribution is 2.26. The number of aliphatic hydroxyl groups excluding tert-OH is 1. The van der Waals surface area contributed by atoms with Crippen molar-refractivity contribution >= 4 is 40.3 Å². The van der Waals surface area contributed by atoms with Crippen LogP contribution in [-0.2, 0) is 4.79 Å². The molecule has 0 spiro atoms. The number of amides is 1. The first-order valence-electron chi connectivity index (χ1n) is 5.27. The molecule has 6 heteroatoms. The molecule has 94 valence electrons. The summed E-state index contributed by atoms with van der Waals surface area (Å²) in [7, 11) is 0. The van der Waals surface area contributed by atoms with Crippen LogP contribution in [0, 0.1) is 0 Å². The first-order chi connectivity index (χ1) is 8.69. The molecule has 0 unspecified atom stereocenters. The quantitative estimate of drug-likeness (QED) is 0.648. The third-order valence-electron chi connectivity index (χ3n) is 2.16. The van der Waals surface area contributed by atoms with Gasteiger partial charge in [0, 0.05) is 0 Å². The summed E-state index contributed by atoms with van der Waals surface area (Å²) in [6.45, 7) is 0.219. The molecule has 2 N–H and O–H groups in total. The second-order valence-electron chi connectivity index (χ2n) is 3.50. The molecule has 1 aliphatic rings. The Morgan fingerprint density at radius 2 is 2.33 bits per heavy atom. The zero-order valence-corrected chi connectivity index (χ0v) is 11.0. The average molecular weight is 281 g/mol. The Bertz CT molecular complexity index is 514. The number of ether oxygens (including phenoxy) is 1. The number of nitrogens with one attached hydrogen (secondary N) is 1. The standard InChI is InChI=1S/C12H11NO3S2/c14-4-5-16-9-3-1-2-8(6-9)7-10-11(15)13-12(17)18-10/h1-3,6-7,14H,4-5H2,(H,13,15,17). The van der Waals surface area contributed by atoms with Crippen LogP contribution < -0.4 is 10.1 Å². The number of carbonyl (C=O) groups excluding carboxylic acids is 1. The van der Waals surface area contributed by atoms with Crippen molar-refractivity contribution < 1.29 is 14.6 Å². The van der Waals surface area contributed by atoms with Crippen LogP contribution >= 0.6 is 24.0 Å². The average Bonchev–Trinajstić information content (AvgIpc) is 2.66. The third-order valence-corrected chi connectivity index (χ3v) is 3.32. The summed E-state index contributed by atoms with van der Waals surface area (Å²) in [5.74, 6) is 0.482. The summed E-state index contributed by atoms with van der Waals surface area (Å²) in [6, 6.07) is 7.30. The van der Waals surface area contributed by atoms with Crippen LogP contribution in [0.15, 0.2) is 29.2 Å². The van der Waals surface area contributed by atoms with E-state index in [1.807, 2.05) is 12.1 Å². The highest BCUT2D eigenvalue weighted by molar-refractivity contribution is 8.26. The van der Waals surface area contributed by atoms with E-state index in [4.69, 9.17) is 22.1 Å². The maximum Gasteiger partial charge on any atom is 0.263 e. The van der Waals surface area contributed by atoms with Crippen LogP contribution in [0.2, 0.25) is 0 Å². The maximum absolute atomic E-state index is 11.5. The SMILES string of the molecule is O=C1NC(=S)SC1=Cc1cccc(OCCO)c1. The van der Waals surface area contributed by atoms with Crippen molar-refractivity contribution in [1.29, 1.82) is 0 Å². The van der Waals surface area contributed by atoms with Gasteiger partial charge in [-0.05, 0) is 23.8 Å². The molecule has 0 atom stereocenters. The van der Waals surface area contributed by atoms with Gasteiger partial charge in [0.25, 0.3) is 5.91 Å². The summed E-state index contributed by atoms with van der Waals surface area (Å²) >= 11 is 6.15. The van der Waals surface area contributed by atoms with Crippen molar-refractivity contribution in [3.05, 3.63) is 34.7 Å². The normalized spacial score (nSPS) is 17.1. The maximum atomic E-state index is 11.5. The lowest BCUT2D eigenvalue weighted by Gasteiger charge is -2.04. The number of rotatable bonds is 4. The van der Waals surface area contributed by atoms with Crippen LogP contribution in [0.1, 0.15) is 5.56 Å². The van der Waals surface area contributed by atoms with Crippen molar-refractivity contribution in [2.45, 2.75) is 0 Å². The lowest BCUT2D eigenvalue weighted by Crippen LogP contribution is -2.17. The van der Waals surface area contributed by atoms with E-state index in [2.05, 4.69) is 5.32 Å². The molecule has 4 nitrogen and oxygen atoms in total. The van der Waals surface area contributed by atoms with Gasteiger partial charge in [0.05, 0.1) is 11.5 Å². The molecule has 0 aliphatic carbocycles. The molecule has 0 saturated carbocycles. The smallest absolute Gasteiger partial charge is 0.263 e. The molecule has 0 radical (unpaired) electrons. The number of carbonyl (C=O) groups is 1. The van der Waals surface area contributed by atoms with E-state index >= 15 is 0 Å². The Labute approximate surface area is 114 Å². The molecule has 1 aromatic rings. The van der Waals surface area contributed by atoms with E-state index in [-0.39, 0.29) is 19.1 Å². The molecule has 1 aromatic carbocycles. The monoisotopic (exact) mass is 281 g/mol. The molecular formula is C12H11NO3S2. The minimum absolute atomic E-state index is 0.0299. The molecule has 0 aromatic heterocycles. The van der Waals surface area contributed by atoms with Gasteiger partial charge in [-0.25, -0.2) is 0 Å². The summed E-state index contributed by atoms with van der Waals surface area (Å²) in [5.41, 5.74) is 0.854. The fourth-order valence-electron chi connectivity index (χ4n) is 1.43. The minimum Gasteiger partial charge on any atom is -0.491 e. The molecule has 1 aliphatic heterocycles. The van der Waals surface area contributed by atoms with Crippen LogP contribution in [-0.4, -0.2) is 28.5 Å². The number of thiocarbonyl (C=S) groups is 1. The number of hydrogen-bond acceptors (Lipinski definition) is 5. The largest absolute Gasteiger partial charge is 0.491 e. The number of hydrogen-bond donors (Lipinski definition) is 2. The third kappa shape index (κ3) is 3.32. The van der Waals surface area contributed by atoms with Gasteiger partial charge in [-0.2, -0.15) is 0 Å². The first kappa shape index (κ1) is 13.1. The van der Waals surface area contributed by atoms with Crippen LogP contribution in [0.5, 0.6) is 5.75 Å². The van der Waals surface area contributed by atoms with Crippen molar-refractivity contribution in [3.63, 3.8) is 0 Å². The highest BCUT2D eigenvalue weighted by atomic mass is 32.2. The molecule has 1 fully saturated rings. The molecule has 2 rings (SSSR count). The number of aliphatic hydroxyl groups is 1. The van der Waals surface area contributed by atoms with E-state index in [1.54, 1.807) is 18.2 Å². The first-order valence-corrected chi connectivity index (χ1v) is 6.50. The molecule has 0 bridgehead atoms. The van der Waals surface area contributed by atoms with E-state index in [0.717, 1.165) is 5.56 Å². The molecule has 1 heterocycles. The van der Waals surface area contributed by atoms with E-state index in [0.29, 0.717) is 15.0 Å². The second-order valence-corrected chi connectivity index (χ2v) is 5.22. The molecule has 1 saturated heterocycles. The van der Waals surface area contributed by atoms with E-state index in [1.165, 1.54) is 11.8 Å². The Balaban J connectivity index is 2.16. The van der Waals surface area contributed by atoms with Gasteiger partial charge in [-0.1, -0.05) is 36.1 Å². The molecule has 18 heavy (non-hydrogen) atoms. The van der Waals surface area contributed by atoms with Gasteiger partial charge < -0.3 is 15.2 Å². The number of thioether (sulfide) groups is 1. The van der Waals surface area contributed by atoms with Crippen molar-refractivity contribution in [3.8, 4) is 5.75 Å². The lowest BCUT2D eigenvalue weighted by atomic mass is 10.2. The van der Waals surface area contributed by atoms with Crippen LogP contribution in [0.25, 0.3) is 6.08 Å². The van der Waals surface area contributed by atoms with Gasteiger partial charge in [-0.15, -0.1) is 0 Å². The zero-order valence-electron chi connectivity index (χ0n) is 9.38. The van der Waals surface area contributed by atoms with Gasteiger partial charge in [-0.3, -0.25) is 4.79 Å². The predicted molar refractivity (Wildman–Crippen MR) is 75.3 cm³/mol. The minimum atomic E-state index is -0.174. The van der Waals surface area contributed by atoms with Crippen LogP contribution in [0.3, 0.4) is 0 Å². The fraction of sp³-hybridized carbons (Fsp3) is 0.167. The summed E-state index contributed by atoms with van der Waals surface area (Å²) in [4.78, 5) is 12.1. The van der Waals surface area contributed by atoms with E-state index < -0.39 is 0 Å². The Hall–Kier alpha value is -1.37. The summed E-state index contributed by atoms with van der Waals surface area (Å²) in [6.07, 6.45) is 1.76. The lowest BCUT2D eigenvalue weighted by molar-refractivity contribution is -0.115. The Morgan fingerprint density at radius 3 is 3.00 bits per heavy atom. The van der Waals surface area contributed by atoms with Crippen molar-refractivity contribution in [1.82, 2.24) is 5.32 Å². The summed E-state index contributed by atoms with van der Waals surface area (Å²) < 4.78 is 5.77. The van der Waals surface area contributed by atoms with E-state index in [9.17, 15) is 4.79 Å². The van der Waals surface area contributed by atoms with Gasteiger partial charge in [0.1, 0.15) is 16.7 Å².